The van der Waals surface area contributed by atoms with Gasteiger partial charge in [0.05, 0.1) is 11.6 Å². The molecule has 3 nitrogen and oxygen atoms in total. The molecule has 2 N–H and O–H groups in total. The molecule has 0 radical (unpaired) electrons. The van der Waals surface area contributed by atoms with Crippen LogP contribution >= 0.6 is 12.2 Å². The minimum atomic E-state index is 0.572. The van der Waals surface area contributed by atoms with E-state index in [0.29, 0.717) is 4.99 Å². The molecule has 1 rings (SSSR count). The third-order valence-electron chi connectivity index (χ3n) is 2.97. The third-order valence-corrected chi connectivity index (χ3v) is 3.18. The molecule has 0 aliphatic heterocycles. The van der Waals surface area contributed by atoms with Crippen molar-refractivity contribution >= 4 is 17.2 Å². The number of methoxy groups -OCH3 is 1. The molecule has 0 heterocycles. The van der Waals surface area contributed by atoms with Crippen molar-refractivity contribution < 1.29 is 4.74 Å². The highest BCUT2D eigenvalue weighted by atomic mass is 32.1. The van der Waals surface area contributed by atoms with Crippen LogP contribution in [0.2, 0.25) is 0 Å². The minimum absolute atomic E-state index is 0.572. The maximum Gasteiger partial charge on any atom is 0.0740 e. The number of benzene rings is 1. The van der Waals surface area contributed by atoms with Gasteiger partial charge in [0.15, 0.2) is 0 Å². The summed E-state index contributed by atoms with van der Waals surface area (Å²) in [6, 6.07) is 6.65. The molecule has 0 aliphatic rings. The summed E-state index contributed by atoms with van der Waals surface area (Å²) in [6.07, 6.45) is 0.754. The summed E-state index contributed by atoms with van der Waals surface area (Å²) in [4.78, 5) is 2.90. The van der Waals surface area contributed by atoms with Crippen LogP contribution in [0, 0.1) is 13.8 Å². The lowest BCUT2D eigenvalue weighted by Gasteiger charge is -2.22. The van der Waals surface area contributed by atoms with E-state index in [2.05, 4.69) is 36.9 Å². The van der Waals surface area contributed by atoms with Gasteiger partial charge in [0.2, 0.25) is 0 Å². The second kappa shape index (κ2) is 8.25. The van der Waals surface area contributed by atoms with E-state index in [9.17, 15) is 0 Å². The molecule has 0 saturated heterocycles. The second-order valence-corrected chi connectivity index (χ2v) is 5.51. The van der Waals surface area contributed by atoms with Crippen molar-refractivity contribution in [2.24, 2.45) is 5.73 Å². The molecule has 0 atom stereocenters. The highest BCUT2D eigenvalue weighted by Gasteiger charge is 2.07. The first-order valence-corrected chi connectivity index (χ1v) is 6.99. The SMILES string of the molecule is COCCN(CCC(N)=S)Cc1cc(C)cc(C)c1. The number of aryl methyl sites for hydroxylation is 2. The molecule has 4 heteroatoms. The van der Waals surface area contributed by atoms with Crippen molar-refractivity contribution in [2.75, 3.05) is 26.8 Å². The Balaban J connectivity index is 2.66. The van der Waals surface area contributed by atoms with Crippen molar-refractivity contribution in [1.82, 2.24) is 4.90 Å². The number of ether oxygens (including phenoxy) is 1. The molecule has 1 aromatic carbocycles. The first-order chi connectivity index (χ1) is 9.01. The summed E-state index contributed by atoms with van der Waals surface area (Å²) < 4.78 is 5.16. The summed E-state index contributed by atoms with van der Waals surface area (Å²) in [5.41, 5.74) is 9.52. The van der Waals surface area contributed by atoms with E-state index < -0.39 is 0 Å². The monoisotopic (exact) mass is 280 g/mol. The molecule has 106 valence electrons. The van der Waals surface area contributed by atoms with E-state index in [4.69, 9.17) is 22.7 Å². The molecule has 0 amide bonds. The molecular weight excluding hydrogens is 256 g/mol. The van der Waals surface area contributed by atoms with Gasteiger partial charge in [-0.05, 0) is 19.4 Å². The summed E-state index contributed by atoms with van der Waals surface area (Å²) in [6.45, 7) is 7.67. The number of nitrogens with two attached hydrogens (primary N) is 1. The second-order valence-electron chi connectivity index (χ2n) is 4.98. The molecule has 1 aromatic rings. The Kier molecular flexibility index (Phi) is 6.99. The molecule has 0 unspecified atom stereocenters. The van der Waals surface area contributed by atoms with E-state index in [0.717, 1.165) is 32.7 Å². The number of rotatable bonds is 8. The molecule has 0 fully saturated rings. The Morgan fingerprint density at radius 2 is 1.84 bits per heavy atom. The Bertz CT molecular complexity index is 400. The zero-order chi connectivity index (χ0) is 14.3. The van der Waals surface area contributed by atoms with Crippen LogP contribution in [0.3, 0.4) is 0 Å². The predicted octanol–water partition coefficient (Wildman–Crippen LogP) is 2.43. The smallest absolute Gasteiger partial charge is 0.0740 e. The van der Waals surface area contributed by atoms with Crippen molar-refractivity contribution in [1.29, 1.82) is 0 Å². The van der Waals surface area contributed by atoms with Crippen LogP contribution in [0.1, 0.15) is 23.1 Å². The largest absolute Gasteiger partial charge is 0.393 e. The van der Waals surface area contributed by atoms with E-state index in [1.54, 1.807) is 7.11 Å². The van der Waals surface area contributed by atoms with Gasteiger partial charge in [-0.2, -0.15) is 0 Å². The standard InChI is InChI=1S/C15H24N2OS/c1-12-8-13(2)10-14(9-12)11-17(6-7-18-3)5-4-15(16)19/h8-10H,4-7,11H2,1-3H3,(H2,16,19). The number of thiocarbonyl (C=S) groups is 1. The normalized spacial score (nSPS) is 10.9. The quantitative estimate of drug-likeness (QED) is 0.742. The van der Waals surface area contributed by atoms with Crippen molar-refractivity contribution in [3.63, 3.8) is 0 Å². The Labute approximate surface area is 121 Å². The van der Waals surface area contributed by atoms with Gasteiger partial charge in [0.25, 0.3) is 0 Å². The lowest BCUT2D eigenvalue weighted by Crippen LogP contribution is -2.30. The fourth-order valence-electron chi connectivity index (χ4n) is 2.18. The van der Waals surface area contributed by atoms with Crippen molar-refractivity contribution in [3.05, 3.63) is 34.9 Å². The molecule has 19 heavy (non-hydrogen) atoms. The molecule has 0 saturated carbocycles. The van der Waals surface area contributed by atoms with Gasteiger partial charge in [-0.15, -0.1) is 0 Å². The van der Waals surface area contributed by atoms with Crippen molar-refractivity contribution in [2.45, 2.75) is 26.8 Å². The highest BCUT2D eigenvalue weighted by molar-refractivity contribution is 7.80. The van der Waals surface area contributed by atoms with Gasteiger partial charge >= 0.3 is 0 Å². The Morgan fingerprint density at radius 3 is 2.37 bits per heavy atom. The van der Waals surface area contributed by atoms with Crippen LogP contribution in [0.4, 0.5) is 0 Å². The zero-order valence-corrected chi connectivity index (χ0v) is 12.9. The maximum absolute atomic E-state index is 5.58. The van der Waals surface area contributed by atoms with E-state index in [1.807, 2.05) is 0 Å². The minimum Gasteiger partial charge on any atom is -0.393 e. The Hall–Kier alpha value is -0.970. The van der Waals surface area contributed by atoms with Crippen LogP contribution in [0.25, 0.3) is 0 Å². The van der Waals surface area contributed by atoms with Gasteiger partial charge in [-0.1, -0.05) is 41.5 Å². The van der Waals surface area contributed by atoms with Crippen LogP contribution < -0.4 is 5.73 Å². The van der Waals surface area contributed by atoms with Gasteiger partial charge < -0.3 is 10.5 Å². The number of hydrogen-bond acceptors (Lipinski definition) is 3. The fourth-order valence-corrected chi connectivity index (χ4v) is 2.27. The van der Waals surface area contributed by atoms with Crippen LogP contribution in [-0.4, -0.2) is 36.7 Å². The van der Waals surface area contributed by atoms with E-state index >= 15 is 0 Å². The van der Waals surface area contributed by atoms with E-state index in [-0.39, 0.29) is 0 Å². The summed E-state index contributed by atoms with van der Waals surface area (Å²) in [5, 5.41) is 0. The highest BCUT2D eigenvalue weighted by Crippen LogP contribution is 2.11. The molecule has 0 aromatic heterocycles. The summed E-state index contributed by atoms with van der Waals surface area (Å²) in [7, 11) is 1.72. The topological polar surface area (TPSA) is 38.5 Å². The lowest BCUT2D eigenvalue weighted by atomic mass is 10.1. The third kappa shape index (κ3) is 6.66. The first-order valence-electron chi connectivity index (χ1n) is 6.58. The van der Waals surface area contributed by atoms with Crippen LogP contribution in [0.15, 0.2) is 18.2 Å². The van der Waals surface area contributed by atoms with Crippen LogP contribution in [0.5, 0.6) is 0 Å². The molecule has 0 aliphatic carbocycles. The summed E-state index contributed by atoms with van der Waals surface area (Å²) >= 11 is 4.95. The number of nitrogens with zero attached hydrogens (tertiary/aromatic N) is 1. The maximum atomic E-state index is 5.58. The predicted molar refractivity (Wildman–Crippen MR) is 84.5 cm³/mol. The van der Waals surface area contributed by atoms with Gasteiger partial charge in [0.1, 0.15) is 0 Å². The van der Waals surface area contributed by atoms with Gasteiger partial charge in [-0.3, -0.25) is 4.90 Å². The Morgan fingerprint density at radius 1 is 1.21 bits per heavy atom. The van der Waals surface area contributed by atoms with Gasteiger partial charge in [0, 0.05) is 33.2 Å². The average molecular weight is 280 g/mol. The molecule has 0 spiro atoms. The van der Waals surface area contributed by atoms with Gasteiger partial charge in [-0.25, -0.2) is 0 Å². The summed E-state index contributed by atoms with van der Waals surface area (Å²) in [5.74, 6) is 0. The van der Waals surface area contributed by atoms with Crippen molar-refractivity contribution in [3.8, 4) is 0 Å². The zero-order valence-electron chi connectivity index (χ0n) is 12.1. The van der Waals surface area contributed by atoms with Crippen LogP contribution in [-0.2, 0) is 11.3 Å². The molecular formula is C15H24N2OS. The number of hydrogen-bond donors (Lipinski definition) is 1. The fraction of sp³-hybridized carbons (Fsp3) is 0.533. The lowest BCUT2D eigenvalue weighted by molar-refractivity contribution is 0.146. The first kappa shape index (κ1) is 16.1. The molecule has 0 bridgehead atoms. The van der Waals surface area contributed by atoms with E-state index in [1.165, 1.54) is 16.7 Å². The average Bonchev–Trinajstić information content (AvgIpc) is 2.31.